The summed E-state index contributed by atoms with van der Waals surface area (Å²) in [6, 6.07) is 6.50. The van der Waals surface area contributed by atoms with E-state index >= 15 is 0 Å². The fourth-order valence-corrected chi connectivity index (χ4v) is 1.70. The van der Waals surface area contributed by atoms with Gasteiger partial charge in [-0.1, -0.05) is 0 Å². The predicted octanol–water partition coefficient (Wildman–Crippen LogP) is 2.22. The second-order valence-electron chi connectivity index (χ2n) is 4.18. The van der Waals surface area contributed by atoms with Crippen LogP contribution >= 0.6 is 0 Å². The number of rotatable bonds is 4. The Balaban J connectivity index is 2.35. The van der Waals surface area contributed by atoms with Gasteiger partial charge in [-0.2, -0.15) is 0 Å². The van der Waals surface area contributed by atoms with Crippen molar-refractivity contribution in [2.45, 2.75) is 0 Å². The fourth-order valence-electron chi connectivity index (χ4n) is 1.70. The molecule has 2 N–H and O–H groups in total. The normalized spacial score (nSPS) is 9.86. The zero-order valence-corrected chi connectivity index (χ0v) is 11.4. The Morgan fingerprint density at radius 2 is 2.00 bits per heavy atom. The first-order valence-electron chi connectivity index (χ1n) is 6.07. The highest BCUT2D eigenvalue weighted by Crippen LogP contribution is 2.22. The van der Waals surface area contributed by atoms with E-state index in [1.54, 1.807) is 0 Å². The van der Waals surface area contributed by atoms with Gasteiger partial charge in [0.25, 0.3) is 5.91 Å². The number of nitrogens with zero attached hydrogens (tertiary/aromatic N) is 2. The van der Waals surface area contributed by atoms with Crippen molar-refractivity contribution in [1.29, 1.82) is 0 Å². The summed E-state index contributed by atoms with van der Waals surface area (Å²) < 4.78 is 4.54. The summed E-state index contributed by atoms with van der Waals surface area (Å²) in [5.74, 6) is -1.63. The molecule has 0 saturated carbocycles. The van der Waals surface area contributed by atoms with Gasteiger partial charge in [-0.05, 0) is 35.5 Å². The number of carbonyl (C=O) groups is 2. The van der Waals surface area contributed by atoms with Crippen LogP contribution in [0.1, 0.15) is 20.7 Å². The molecule has 0 aliphatic rings. The second-order valence-corrected chi connectivity index (χ2v) is 4.18. The Morgan fingerprint density at radius 3 is 2.64 bits per heavy atom. The van der Waals surface area contributed by atoms with Crippen LogP contribution in [0.5, 0.6) is 5.75 Å². The lowest BCUT2D eigenvalue weighted by Crippen LogP contribution is -2.14. The first-order chi connectivity index (χ1) is 10.5. The number of hydrogen-bond acceptors (Lipinski definition) is 7. The molecule has 0 bridgehead atoms. The monoisotopic (exact) mass is 301 g/mol. The van der Waals surface area contributed by atoms with E-state index in [0.29, 0.717) is 0 Å². The van der Waals surface area contributed by atoms with Crippen molar-refractivity contribution < 1.29 is 19.4 Å². The van der Waals surface area contributed by atoms with Gasteiger partial charge >= 0.3 is 5.97 Å². The van der Waals surface area contributed by atoms with Crippen LogP contribution < -0.4 is 5.32 Å². The Labute approximate surface area is 124 Å². The second kappa shape index (κ2) is 6.44. The number of amides is 1. The van der Waals surface area contributed by atoms with E-state index in [-0.39, 0.29) is 28.4 Å². The number of esters is 1. The molecule has 8 heteroatoms. The molecule has 0 fully saturated rings. The van der Waals surface area contributed by atoms with Crippen LogP contribution in [0.2, 0.25) is 0 Å². The summed E-state index contributed by atoms with van der Waals surface area (Å²) in [5.41, 5.74) is -0.0872. The smallest absolute Gasteiger partial charge is 0.337 e. The zero-order chi connectivity index (χ0) is 16.1. The van der Waals surface area contributed by atoms with E-state index in [9.17, 15) is 19.6 Å². The number of anilines is 1. The lowest BCUT2D eigenvalue weighted by molar-refractivity contribution is 0.0600. The van der Waals surface area contributed by atoms with Crippen molar-refractivity contribution in [3.05, 3.63) is 52.6 Å². The molecule has 1 heterocycles. The van der Waals surface area contributed by atoms with E-state index in [2.05, 4.69) is 20.2 Å². The number of carbonyl (C=O) groups excluding carboxylic acids is 2. The van der Waals surface area contributed by atoms with Crippen LogP contribution in [0.3, 0.4) is 0 Å². The van der Waals surface area contributed by atoms with Gasteiger partial charge in [-0.25, -0.2) is 9.78 Å². The van der Waals surface area contributed by atoms with Crippen LogP contribution in [-0.2, 0) is 4.74 Å². The summed E-state index contributed by atoms with van der Waals surface area (Å²) in [6.45, 7) is 0. The number of methoxy groups -OCH3 is 1. The maximum Gasteiger partial charge on any atom is 0.337 e. The minimum atomic E-state index is -0.708. The van der Waals surface area contributed by atoms with E-state index in [0.717, 1.165) is 0 Å². The van der Waals surface area contributed by atoms with Crippen molar-refractivity contribution in [2.24, 2.45) is 5.18 Å². The molecule has 112 valence electrons. The highest BCUT2D eigenvalue weighted by molar-refractivity contribution is 6.06. The molecular formula is C14H11N3O5. The summed E-state index contributed by atoms with van der Waals surface area (Å²) in [6.07, 6.45) is 1.39. The SMILES string of the molecule is COC(=O)c1cc(N=O)cc(C(=O)Nc2ncccc2O)c1. The predicted molar refractivity (Wildman–Crippen MR) is 77.1 cm³/mol. The molecule has 0 unspecified atom stereocenters. The first-order valence-corrected chi connectivity index (χ1v) is 6.07. The first kappa shape index (κ1) is 15.1. The maximum atomic E-state index is 12.1. The summed E-state index contributed by atoms with van der Waals surface area (Å²) >= 11 is 0. The molecule has 22 heavy (non-hydrogen) atoms. The Hall–Kier alpha value is -3.29. The molecule has 1 amide bonds. The molecule has 1 aromatic heterocycles. The summed E-state index contributed by atoms with van der Waals surface area (Å²) in [5, 5.41) is 14.6. The Kier molecular flexibility index (Phi) is 4.42. The van der Waals surface area contributed by atoms with Crippen LogP contribution in [-0.4, -0.2) is 29.1 Å². The average molecular weight is 301 g/mol. The summed E-state index contributed by atoms with van der Waals surface area (Å²) in [7, 11) is 1.18. The molecule has 1 aromatic carbocycles. The van der Waals surface area contributed by atoms with Crippen LogP contribution in [0.25, 0.3) is 0 Å². The summed E-state index contributed by atoms with van der Waals surface area (Å²) in [4.78, 5) is 38.1. The van der Waals surface area contributed by atoms with Crippen molar-refractivity contribution in [1.82, 2.24) is 4.98 Å². The highest BCUT2D eigenvalue weighted by Gasteiger charge is 2.15. The Bertz CT molecular complexity index is 745. The number of hydrogen-bond donors (Lipinski definition) is 2. The largest absolute Gasteiger partial charge is 0.504 e. The number of aromatic hydroxyl groups is 1. The topological polar surface area (TPSA) is 118 Å². The van der Waals surface area contributed by atoms with Crippen LogP contribution in [0.15, 0.2) is 41.7 Å². The van der Waals surface area contributed by atoms with Crippen LogP contribution in [0, 0.1) is 4.91 Å². The van der Waals surface area contributed by atoms with E-state index < -0.39 is 11.9 Å². The molecule has 0 saturated heterocycles. The number of pyridine rings is 1. The van der Waals surface area contributed by atoms with Gasteiger partial charge in [-0.3, -0.25) is 4.79 Å². The average Bonchev–Trinajstić information content (AvgIpc) is 2.55. The molecule has 0 spiro atoms. The van der Waals surface area contributed by atoms with Crippen molar-refractivity contribution in [2.75, 3.05) is 12.4 Å². The number of nitrogens with one attached hydrogen (secondary N) is 1. The zero-order valence-electron chi connectivity index (χ0n) is 11.4. The van der Waals surface area contributed by atoms with Gasteiger partial charge < -0.3 is 15.2 Å². The minimum absolute atomic E-state index is 0.00236. The van der Waals surface area contributed by atoms with Gasteiger partial charge in [-0.15, -0.1) is 4.91 Å². The quantitative estimate of drug-likeness (QED) is 0.660. The number of nitroso groups, excluding NO2 is 1. The minimum Gasteiger partial charge on any atom is -0.504 e. The standard InChI is InChI=1S/C14H11N3O5/c1-22-14(20)9-5-8(6-10(7-9)17-21)13(19)16-12-11(18)3-2-4-15-12/h2-7,18H,1H3,(H,15,16,19). The Morgan fingerprint density at radius 1 is 1.27 bits per heavy atom. The molecule has 0 atom stereocenters. The fraction of sp³-hybridized carbons (Fsp3) is 0.0714. The maximum absolute atomic E-state index is 12.1. The third-order valence-corrected chi connectivity index (χ3v) is 2.72. The van der Waals surface area contributed by atoms with Gasteiger partial charge in [0.2, 0.25) is 0 Å². The molecular weight excluding hydrogens is 290 g/mol. The van der Waals surface area contributed by atoms with Crippen molar-refractivity contribution >= 4 is 23.4 Å². The number of benzene rings is 1. The molecule has 2 rings (SSSR count). The van der Waals surface area contributed by atoms with Gasteiger partial charge in [0.1, 0.15) is 5.69 Å². The molecule has 0 radical (unpaired) electrons. The lowest BCUT2D eigenvalue weighted by Gasteiger charge is -2.07. The van der Waals surface area contributed by atoms with Gasteiger partial charge in [0.05, 0.1) is 12.7 Å². The van der Waals surface area contributed by atoms with Crippen molar-refractivity contribution in [3.63, 3.8) is 0 Å². The molecule has 8 nitrogen and oxygen atoms in total. The highest BCUT2D eigenvalue weighted by atomic mass is 16.5. The lowest BCUT2D eigenvalue weighted by atomic mass is 10.1. The van der Waals surface area contributed by atoms with E-state index in [1.165, 1.54) is 43.6 Å². The molecule has 0 aliphatic heterocycles. The number of aromatic nitrogens is 1. The third-order valence-electron chi connectivity index (χ3n) is 2.72. The van der Waals surface area contributed by atoms with E-state index in [1.807, 2.05) is 0 Å². The molecule has 0 aliphatic carbocycles. The van der Waals surface area contributed by atoms with Gasteiger partial charge in [0, 0.05) is 11.8 Å². The third kappa shape index (κ3) is 3.23. The number of ether oxygens (including phenoxy) is 1. The van der Waals surface area contributed by atoms with Gasteiger partial charge in [0.15, 0.2) is 11.6 Å². The van der Waals surface area contributed by atoms with Crippen LogP contribution in [0.4, 0.5) is 11.5 Å². The van der Waals surface area contributed by atoms with E-state index in [4.69, 9.17) is 0 Å². The molecule has 2 aromatic rings. The van der Waals surface area contributed by atoms with Crippen molar-refractivity contribution in [3.8, 4) is 5.75 Å².